The van der Waals surface area contributed by atoms with Gasteiger partial charge in [-0.1, -0.05) is 0 Å². The van der Waals surface area contributed by atoms with Crippen LogP contribution in [0, 0.1) is 5.41 Å². The van der Waals surface area contributed by atoms with Crippen molar-refractivity contribution in [2.45, 2.75) is 44.6 Å². The van der Waals surface area contributed by atoms with Gasteiger partial charge in [-0.05, 0) is 0 Å². The largest absolute Gasteiger partial charge is 0.147 e. The Kier molecular flexibility index (Phi) is 5.22. The summed E-state index contributed by atoms with van der Waals surface area (Å²) in [7, 11) is 0. The monoisotopic (exact) mass is 348 g/mol. The molecule has 0 spiro atoms. The number of fused-ring (bicyclic) bond motifs is 1. The third kappa shape index (κ3) is 3.21. The van der Waals surface area contributed by atoms with E-state index in [1.165, 1.54) is 0 Å². The number of halogens is 1. The molecule has 0 fully saturated rings. The van der Waals surface area contributed by atoms with Gasteiger partial charge in [0.1, 0.15) is 0 Å². The first-order valence-electron chi connectivity index (χ1n) is 6.23. The Morgan fingerprint density at radius 1 is 1.32 bits per heavy atom. The number of benzene rings is 1. The van der Waals surface area contributed by atoms with Gasteiger partial charge < -0.3 is 0 Å². The minimum absolute atomic E-state index is 0. The summed E-state index contributed by atoms with van der Waals surface area (Å²) in [6.45, 7) is 6.42. The van der Waals surface area contributed by atoms with E-state index >= 15 is 0 Å². The number of rotatable bonds is 1. The third-order valence-electron chi connectivity index (χ3n) is 3.54. The molecule has 0 radical (unpaired) electrons. The average molecular weight is 349 g/mol. The molecule has 1 aromatic carbocycles. The van der Waals surface area contributed by atoms with Crippen molar-refractivity contribution < 1.29 is 14.9 Å². The molecule has 19 heavy (non-hydrogen) atoms. The van der Waals surface area contributed by atoms with Crippen LogP contribution in [0.1, 0.15) is 38.0 Å². The van der Waals surface area contributed by atoms with Crippen LogP contribution in [-0.4, -0.2) is 33.2 Å². The molecule has 3 atom stereocenters. The summed E-state index contributed by atoms with van der Waals surface area (Å²) in [5, 5.41) is 20.6. The molecule has 1 aromatic rings. The van der Waals surface area contributed by atoms with Crippen LogP contribution in [0.3, 0.4) is 0 Å². The minimum Gasteiger partial charge on any atom is -0.147 e. The van der Waals surface area contributed by atoms with Crippen LogP contribution in [0.5, 0.6) is 11.5 Å². The van der Waals surface area contributed by atoms with Crippen molar-refractivity contribution in [3.05, 3.63) is 23.3 Å². The van der Waals surface area contributed by atoms with E-state index in [4.69, 9.17) is 4.74 Å². The summed E-state index contributed by atoms with van der Waals surface area (Å²) in [5.74, 6) is -0.0142. The number of hydrogen-bond acceptors (Lipinski definition) is 3. The molecule has 1 heterocycles. The molecule has 2 N–H and O–H groups in total. The second-order valence-electron chi connectivity index (χ2n) is 5.92. The molecule has 0 amide bonds. The van der Waals surface area contributed by atoms with E-state index < -0.39 is 0 Å². The summed E-state index contributed by atoms with van der Waals surface area (Å²) in [4.78, 5) is 0. The maximum Gasteiger partial charge on any atom is -0.147 e. The van der Waals surface area contributed by atoms with Crippen LogP contribution in [0.15, 0.2) is 12.1 Å². The van der Waals surface area contributed by atoms with E-state index in [1.54, 1.807) is 22.9 Å². The normalized spacial score (nSPS) is 22.5. The second kappa shape index (κ2) is 5.95. The number of ether oxygens (including phenoxy) is 1. The number of phenols is 2. The molecule has 0 saturated carbocycles. The molecule has 1 aliphatic rings. The Bertz CT molecular complexity index is 457. The Morgan fingerprint density at radius 2 is 1.95 bits per heavy atom. The Morgan fingerprint density at radius 3 is 2.47 bits per heavy atom. The van der Waals surface area contributed by atoms with Crippen molar-refractivity contribution in [1.82, 2.24) is 0 Å². The van der Waals surface area contributed by atoms with Crippen LogP contribution in [0.4, 0.5) is 0 Å². The standard InChI is InChI=1S/C14H21AsO3.ClH/c1-14(2,3)12-6-9-8(11(7-15)18-12)4-5-10(16)13(9)17;/h4-5,11-12,16-17H,6-7,15H2,1-3H3;1H. The van der Waals surface area contributed by atoms with Gasteiger partial charge in [-0.2, -0.15) is 0 Å². The summed E-state index contributed by atoms with van der Waals surface area (Å²) in [6.07, 6.45) is 0.755. The molecule has 0 bridgehead atoms. The van der Waals surface area contributed by atoms with Gasteiger partial charge in [-0.15, -0.1) is 12.4 Å². The quantitative estimate of drug-likeness (QED) is 0.606. The van der Waals surface area contributed by atoms with Crippen molar-refractivity contribution in [2.24, 2.45) is 5.41 Å². The predicted molar refractivity (Wildman–Crippen MR) is 81.1 cm³/mol. The third-order valence-corrected chi connectivity index (χ3v) is 4.44. The number of hydrogen-bond donors (Lipinski definition) is 2. The molecule has 0 aliphatic carbocycles. The van der Waals surface area contributed by atoms with Crippen molar-refractivity contribution in [3.8, 4) is 11.5 Å². The van der Waals surface area contributed by atoms with Gasteiger partial charge in [0.25, 0.3) is 0 Å². The number of phenolic OH excluding ortho intramolecular Hbond substituents is 2. The molecule has 3 nitrogen and oxygen atoms in total. The van der Waals surface area contributed by atoms with E-state index in [9.17, 15) is 10.2 Å². The average Bonchev–Trinajstić information content (AvgIpc) is 2.31. The summed E-state index contributed by atoms with van der Waals surface area (Å²) in [5.41, 5.74) is 1.90. The molecule has 2 rings (SSSR count). The SMILES string of the molecule is CC(C)(C)C1Cc2c(ccc(O)c2O)C(C[AsH2])O1.Cl. The van der Waals surface area contributed by atoms with E-state index in [1.807, 2.05) is 6.07 Å². The maximum absolute atomic E-state index is 10.0. The van der Waals surface area contributed by atoms with Crippen LogP contribution in [0.2, 0.25) is 5.21 Å². The molecular formula is C14H22AsClO3. The molecule has 1 aliphatic heterocycles. The zero-order valence-corrected chi connectivity index (χ0v) is 14.8. The van der Waals surface area contributed by atoms with E-state index in [-0.39, 0.29) is 41.5 Å². The molecule has 0 aromatic heterocycles. The maximum atomic E-state index is 10.0. The van der Waals surface area contributed by atoms with Gasteiger partial charge in [0, 0.05) is 0 Å². The van der Waals surface area contributed by atoms with Crippen molar-refractivity contribution in [1.29, 1.82) is 0 Å². The van der Waals surface area contributed by atoms with Gasteiger partial charge in [0.2, 0.25) is 0 Å². The molecule has 3 unspecified atom stereocenters. The molecule has 0 saturated heterocycles. The first-order chi connectivity index (χ1) is 8.34. The van der Waals surface area contributed by atoms with Crippen LogP contribution < -0.4 is 0 Å². The second-order valence-corrected chi connectivity index (χ2v) is 6.91. The van der Waals surface area contributed by atoms with E-state index in [2.05, 4.69) is 20.8 Å². The minimum atomic E-state index is -0.0383. The van der Waals surface area contributed by atoms with Crippen molar-refractivity contribution >= 4 is 29.3 Å². The molecule has 5 heteroatoms. The van der Waals surface area contributed by atoms with E-state index in [0.29, 0.717) is 6.42 Å². The molecular weight excluding hydrogens is 327 g/mol. The van der Waals surface area contributed by atoms with Crippen LogP contribution in [-0.2, 0) is 11.2 Å². The first-order valence-corrected chi connectivity index (χ1v) is 7.95. The molecule has 108 valence electrons. The Balaban J connectivity index is 0.00000180. The van der Waals surface area contributed by atoms with Gasteiger partial charge in [-0.25, -0.2) is 0 Å². The predicted octanol–water partition coefficient (Wildman–Crippen LogP) is 2.60. The van der Waals surface area contributed by atoms with Gasteiger partial charge in [0.05, 0.1) is 0 Å². The number of aromatic hydroxyl groups is 2. The zero-order chi connectivity index (χ0) is 13.5. The Labute approximate surface area is 129 Å². The Hall–Kier alpha value is -0.372. The summed E-state index contributed by atoms with van der Waals surface area (Å²) in [6, 6.07) is 3.41. The smallest absolute Gasteiger partial charge is 0.147 e. The van der Waals surface area contributed by atoms with Crippen LogP contribution in [0.25, 0.3) is 0 Å². The van der Waals surface area contributed by atoms with Crippen molar-refractivity contribution in [2.75, 3.05) is 0 Å². The topological polar surface area (TPSA) is 49.7 Å². The van der Waals surface area contributed by atoms with Crippen molar-refractivity contribution in [3.63, 3.8) is 0 Å². The zero-order valence-electron chi connectivity index (χ0n) is 11.5. The fourth-order valence-electron chi connectivity index (χ4n) is 2.35. The fraction of sp³-hybridized carbons (Fsp3) is 0.571. The summed E-state index contributed by atoms with van der Waals surface area (Å²) < 4.78 is 6.14. The fourth-order valence-corrected chi connectivity index (χ4v) is 3.12. The van der Waals surface area contributed by atoms with Gasteiger partial charge in [0.15, 0.2) is 0 Å². The van der Waals surface area contributed by atoms with Gasteiger partial charge in [-0.3, -0.25) is 0 Å². The van der Waals surface area contributed by atoms with E-state index in [0.717, 1.165) is 16.3 Å². The first kappa shape index (κ1) is 16.7. The van der Waals surface area contributed by atoms with Crippen LogP contribution >= 0.6 is 12.4 Å². The van der Waals surface area contributed by atoms with Gasteiger partial charge >= 0.3 is 117 Å². The summed E-state index contributed by atoms with van der Waals surface area (Å²) >= 11 is 1.61.